The molecule has 1 aromatic heterocycles. The van der Waals surface area contributed by atoms with E-state index >= 15 is 0 Å². The Morgan fingerprint density at radius 2 is 1.79 bits per heavy atom. The van der Waals surface area contributed by atoms with Crippen molar-refractivity contribution in [3.8, 4) is 0 Å². The predicted octanol–water partition coefficient (Wildman–Crippen LogP) is 2.32. The van der Waals surface area contributed by atoms with E-state index < -0.39 is 5.54 Å². The minimum Gasteiger partial charge on any atom is -0.335 e. The van der Waals surface area contributed by atoms with E-state index in [0.717, 1.165) is 10.4 Å². The lowest BCUT2D eigenvalue weighted by molar-refractivity contribution is -0.133. The minimum atomic E-state index is -1.00. The maximum atomic E-state index is 13.2. The molecule has 0 bridgehead atoms. The zero-order valence-corrected chi connectivity index (χ0v) is 17.2. The van der Waals surface area contributed by atoms with Gasteiger partial charge < -0.3 is 10.2 Å². The molecule has 29 heavy (non-hydrogen) atoms. The van der Waals surface area contributed by atoms with Crippen molar-refractivity contribution in [1.29, 1.82) is 0 Å². The lowest BCUT2D eigenvalue weighted by Gasteiger charge is -2.36. The van der Waals surface area contributed by atoms with Gasteiger partial charge >= 0.3 is 6.03 Å². The first-order valence-corrected chi connectivity index (χ1v) is 10.7. The summed E-state index contributed by atoms with van der Waals surface area (Å²) in [4.78, 5) is 44.3. The fourth-order valence-electron chi connectivity index (χ4n) is 3.97. The predicted molar refractivity (Wildman–Crippen MR) is 110 cm³/mol. The Morgan fingerprint density at radius 3 is 2.41 bits per heavy atom. The Morgan fingerprint density at radius 1 is 1.07 bits per heavy atom. The molecular formula is C21H24N4O3S. The van der Waals surface area contributed by atoms with Crippen molar-refractivity contribution in [3.63, 3.8) is 0 Å². The highest BCUT2D eigenvalue weighted by atomic mass is 32.1. The van der Waals surface area contributed by atoms with E-state index in [0.29, 0.717) is 32.6 Å². The average Bonchev–Trinajstić information content (AvgIpc) is 3.38. The molecule has 4 amide bonds. The smallest absolute Gasteiger partial charge is 0.326 e. The molecular weight excluding hydrogens is 388 g/mol. The summed E-state index contributed by atoms with van der Waals surface area (Å²) in [5.74, 6) is -0.169. The summed E-state index contributed by atoms with van der Waals surface area (Å²) in [5.41, 5.74) is -0.204. The fourth-order valence-corrected chi connectivity index (χ4v) is 4.66. The van der Waals surface area contributed by atoms with Gasteiger partial charge in [-0.25, -0.2) is 9.69 Å². The van der Waals surface area contributed by atoms with Crippen LogP contribution in [-0.4, -0.2) is 65.4 Å². The van der Waals surface area contributed by atoms with Crippen molar-refractivity contribution in [3.05, 3.63) is 58.3 Å². The molecule has 1 atom stereocenters. The van der Waals surface area contributed by atoms with Gasteiger partial charge in [-0.05, 0) is 23.4 Å². The van der Waals surface area contributed by atoms with Crippen molar-refractivity contribution in [2.24, 2.45) is 0 Å². The van der Waals surface area contributed by atoms with Crippen LogP contribution in [0.4, 0.5) is 4.79 Å². The van der Waals surface area contributed by atoms with Gasteiger partial charge in [0.25, 0.3) is 11.8 Å². The first kappa shape index (κ1) is 19.6. The van der Waals surface area contributed by atoms with Gasteiger partial charge in [-0.2, -0.15) is 0 Å². The van der Waals surface area contributed by atoms with Gasteiger partial charge in [0.1, 0.15) is 5.54 Å². The van der Waals surface area contributed by atoms with Gasteiger partial charge in [0, 0.05) is 26.2 Å². The molecule has 0 radical (unpaired) electrons. The quantitative estimate of drug-likeness (QED) is 0.765. The first-order chi connectivity index (χ1) is 14.0. The van der Waals surface area contributed by atoms with E-state index in [1.54, 1.807) is 0 Å². The second kappa shape index (κ2) is 7.96. The second-order valence-electron chi connectivity index (χ2n) is 7.32. The van der Waals surface area contributed by atoms with E-state index in [-0.39, 0.29) is 24.5 Å². The highest BCUT2D eigenvalue weighted by Gasteiger charge is 2.51. The van der Waals surface area contributed by atoms with E-state index in [1.807, 2.05) is 64.6 Å². The lowest BCUT2D eigenvalue weighted by Crippen LogP contribution is -2.52. The number of imide groups is 1. The average molecular weight is 413 g/mol. The first-order valence-electron chi connectivity index (χ1n) is 9.80. The molecule has 152 valence electrons. The van der Waals surface area contributed by atoms with Crippen LogP contribution in [0.25, 0.3) is 0 Å². The molecule has 1 aromatic carbocycles. The SMILES string of the molecule is CC[C@]1(c2ccccc2)NC(=O)N(CN2CCN(C(=O)c3cccs3)CC2)C1=O. The van der Waals surface area contributed by atoms with Gasteiger partial charge in [0.05, 0.1) is 11.5 Å². The fraction of sp³-hybridized carbons (Fsp3) is 0.381. The third-order valence-corrected chi connectivity index (χ3v) is 6.56. The number of hydrogen-bond donors (Lipinski definition) is 1. The number of carbonyl (C=O) groups is 3. The molecule has 0 unspecified atom stereocenters. The number of piperazine rings is 1. The maximum Gasteiger partial charge on any atom is 0.326 e. The molecule has 7 nitrogen and oxygen atoms in total. The van der Waals surface area contributed by atoms with Gasteiger partial charge in [-0.1, -0.05) is 43.3 Å². The molecule has 2 aromatic rings. The van der Waals surface area contributed by atoms with Crippen LogP contribution in [0.5, 0.6) is 0 Å². The van der Waals surface area contributed by atoms with Crippen molar-refractivity contribution in [1.82, 2.24) is 20.0 Å². The Hall–Kier alpha value is -2.71. The van der Waals surface area contributed by atoms with Gasteiger partial charge in [0.15, 0.2) is 0 Å². The van der Waals surface area contributed by atoms with Gasteiger partial charge in [-0.15, -0.1) is 11.3 Å². The Balaban J connectivity index is 1.41. The van der Waals surface area contributed by atoms with Crippen LogP contribution in [0.3, 0.4) is 0 Å². The van der Waals surface area contributed by atoms with Gasteiger partial charge in [-0.3, -0.25) is 14.5 Å². The Bertz CT molecular complexity index is 894. The van der Waals surface area contributed by atoms with Crippen LogP contribution in [0, 0.1) is 0 Å². The van der Waals surface area contributed by atoms with E-state index in [4.69, 9.17) is 0 Å². The third kappa shape index (κ3) is 3.54. The Labute approximate surface area is 173 Å². The summed E-state index contributed by atoms with van der Waals surface area (Å²) in [7, 11) is 0. The van der Waals surface area contributed by atoms with E-state index in [9.17, 15) is 14.4 Å². The highest BCUT2D eigenvalue weighted by Crippen LogP contribution is 2.32. The monoisotopic (exact) mass is 412 g/mol. The highest BCUT2D eigenvalue weighted by molar-refractivity contribution is 7.12. The number of hydrogen-bond acceptors (Lipinski definition) is 5. The van der Waals surface area contributed by atoms with Crippen LogP contribution >= 0.6 is 11.3 Å². The largest absolute Gasteiger partial charge is 0.335 e. The van der Waals surface area contributed by atoms with Crippen molar-refractivity contribution >= 4 is 29.2 Å². The number of nitrogens with zero attached hydrogens (tertiary/aromatic N) is 3. The van der Waals surface area contributed by atoms with Crippen molar-refractivity contribution in [2.45, 2.75) is 18.9 Å². The normalized spacial score (nSPS) is 22.8. The number of nitrogens with one attached hydrogen (secondary N) is 1. The van der Waals surface area contributed by atoms with Crippen molar-refractivity contribution in [2.75, 3.05) is 32.8 Å². The van der Waals surface area contributed by atoms with Crippen LogP contribution in [0.2, 0.25) is 0 Å². The topological polar surface area (TPSA) is 73.0 Å². The third-order valence-electron chi connectivity index (χ3n) is 5.71. The molecule has 0 saturated carbocycles. The minimum absolute atomic E-state index is 0.0451. The molecule has 8 heteroatoms. The molecule has 2 aliphatic heterocycles. The van der Waals surface area contributed by atoms with Crippen LogP contribution in [-0.2, 0) is 10.3 Å². The molecule has 3 heterocycles. The zero-order chi connectivity index (χ0) is 20.4. The summed E-state index contributed by atoms with van der Waals surface area (Å²) < 4.78 is 0. The van der Waals surface area contributed by atoms with Crippen LogP contribution < -0.4 is 5.32 Å². The molecule has 0 spiro atoms. The number of urea groups is 1. The molecule has 4 rings (SSSR count). The summed E-state index contributed by atoms with van der Waals surface area (Å²) in [6.07, 6.45) is 0.487. The van der Waals surface area contributed by atoms with Crippen molar-refractivity contribution < 1.29 is 14.4 Å². The molecule has 2 saturated heterocycles. The Kier molecular flexibility index (Phi) is 5.38. The number of amides is 4. The second-order valence-corrected chi connectivity index (χ2v) is 8.26. The maximum absolute atomic E-state index is 13.2. The zero-order valence-electron chi connectivity index (χ0n) is 16.3. The summed E-state index contributed by atoms with van der Waals surface area (Å²) in [6.45, 7) is 4.55. The number of rotatable bonds is 5. The number of thiophene rings is 1. The summed E-state index contributed by atoms with van der Waals surface area (Å²) in [6, 6.07) is 12.7. The molecule has 2 aliphatic rings. The lowest BCUT2D eigenvalue weighted by atomic mass is 9.87. The van der Waals surface area contributed by atoms with E-state index in [1.165, 1.54) is 16.2 Å². The molecule has 0 aliphatic carbocycles. The molecule has 2 fully saturated rings. The number of carbonyl (C=O) groups excluding carboxylic acids is 3. The van der Waals surface area contributed by atoms with E-state index in [2.05, 4.69) is 5.32 Å². The van der Waals surface area contributed by atoms with Gasteiger partial charge in [0.2, 0.25) is 0 Å². The standard InChI is InChI=1S/C21H24N4O3S/c1-2-21(16-7-4-3-5-8-16)19(27)25(20(28)22-21)15-23-10-12-24(13-11-23)18(26)17-9-6-14-29-17/h3-9,14H,2,10-13,15H2,1H3,(H,22,28)/t21-/m1/s1. The summed E-state index contributed by atoms with van der Waals surface area (Å²) in [5, 5.41) is 4.81. The van der Waals surface area contributed by atoms with Crippen LogP contribution in [0.1, 0.15) is 28.6 Å². The number of benzene rings is 1. The molecule has 1 N–H and O–H groups in total. The van der Waals surface area contributed by atoms with Crippen LogP contribution in [0.15, 0.2) is 47.8 Å². The summed E-state index contributed by atoms with van der Waals surface area (Å²) >= 11 is 1.44.